The van der Waals surface area contributed by atoms with Crippen molar-refractivity contribution in [2.24, 2.45) is 0 Å². The zero-order chi connectivity index (χ0) is 12.1. The molecule has 0 atom stereocenters. The Morgan fingerprint density at radius 2 is 1.50 bits per heavy atom. The number of methoxy groups -OCH3 is 2. The Morgan fingerprint density at radius 3 is 1.95 bits per heavy atom. The molecule has 2 heterocycles. The van der Waals surface area contributed by atoms with Gasteiger partial charge in [0.1, 0.15) is 19.6 Å². The van der Waals surface area contributed by atoms with E-state index in [0.29, 0.717) is 17.8 Å². The first kappa shape index (κ1) is 21.4. The lowest BCUT2D eigenvalue weighted by Gasteiger charge is -2.22. The zero-order valence-corrected chi connectivity index (χ0v) is 13.4. The van der Waals surface area contributed by atoms with Crippen LogP contribution in [0.1, 0.15) is 5.82 Å². The third kappa shape index (κ3) is 6.02. The average Bonchev–Trinajstić information content (AvgIpc) is 2.39. The van der Waals surface area contributed by atoms with Crippen LogP contribution >= 0.6 is 0 Å². The maximum absolute atomic E-state index is 5.30. The fraction of sp³-hybridized carbons (Fsp3) is 0.700. The first-order valence-corrected chi connectivity index (χ1v) is 5.56. The van der Waals surface area contributed by atoms with Crippen molar-refractivity contribution < 1.29 is 43.9 Å². The molecule has 0 aromatic carbocycles. The Hall–Kier alpha value is -0.930. The maximum atomic E-state index is 5.30. The second-order valence-electron chi connectivity index (χ2n) is 3.76. The molecule has 0 bridgehead atoms. The van der Waals surface area contributed by atoms with Gasteiger partial charge >= 0.3 is 12.0 Å². The molecule has 0 aliphatic carbocycles. The van der Waals surface area contributed by atoms with E-state index in [2.05, 4.69) is 15.0 Å². The molecule has 0 radical (unpaired) electrons. The summed E-state index contributed by atoms with van der Waals surface area (Å²) in [6.07, 6.45) is 0. The van der Waals surface area contributed by atoms with Crippen LogP contribution in [0.2, 0.25) is 0 Å². The van der Waals surface area contributed by atoms with E-state index in [1.165, 1.54) is 19.1 Å². The highest BCUT2D eigenvalue weighted by Crippen LogP contribution is 2.07. The molecule has 20 heavy (non-hydrogen) atoms. The number of aromatic nitrogens is 3. The molecule has 1 aliphatic heterocycles. The van der Waals surface area contributed by atoms with Gasteiger partial charge in [0.05, 0.1) is 27.4 Å². The lowest BCUT2D eigenvalue weighted by Crippen LogP contribution is -3.12. The SMILES string of the molecule is COc1nc(C[NH+]2CCOCC2)nc(OC)n1.[Cl-].[Cl-].[NH4+]. The van der Waals surface area contributed by atoms with Crippen LogP contribution in [0.4, 0.5) is 0 Å². The Morgan fingerprint density at radius 1 is 1.00 bits per heavy atom. The molecule has 5 N–H and O–H groups in total. The molecule has 0 spiro atoms. The van der Waals surface area contributed by atoms with Crippen molar-refractivity contribution in [2.45, 2.75) is 6.54 Å². The van der Waals surface area contributed by atoms with Crippen LogP contribution in [0.3, 0.4) is 0 Å². The van der Waals surface area contributed by atoms with Gasteiger partial charge in [0.2, 0.25) is 0 Å². The minimum absolute atomic E-state index is 0. The summed E-state index contributed by atoms with van der Waals surface area (Å²) in [6, 6.07) is 0.582. The van der Waals surface area contributed by atoms with E-state index in [1.54, 1.807) is 0 Å². The smallest absolute Gasteiger partial charge is 0.322 e. The predicted molar refractivity (Wildman–Crippen MR) is 64.1 cm³/mol. The highest BCUT2D eigenvalue weighted by molar-refractivity contribution is 5.04. The van der Waals surface area contributed by atoms with Gasteiger partial charge < -0.3 is 50.1 Å². The quantitative estimate of drug-likeness (QED) is 0.568. The lowest BCUT2D eigenvalue weighted by atomic mass is 10.4. The number of rotatable bonds is 4. The molecular weight excluding hydrogens is 309 g/mol. The third-order valence-electron chi connectivity index (χ3n) is 2.61. The van der Waals surface area contributed by atoms with Crippen LogP contribution in [0, 0.1) is 0 Å². The molecule has 1 aromatic heterocycles. The summed E-state index contributed by atoms with van der Waals surface area (Å²) in [5.74, 6) is 0.686. The van der Waals surface area contributed by atoms with Crippen LogP contribution in [-0.2, 0) is 11.3 Å². The van der Waals surface area contributed by atoms with Gasteiger partial charge in [-0.3, -0.25) is 0 Å². The van der Waals surface area contributed by atoms with E-state index in [0.717, 1.165) is 32.8 Å². The van der Waals surface area contributed by atoms with Crippen LogP contribution in [0.25, 0.3) is 0 Å². The van der Waals surface area contributed by atoms with E-state index in [1.807, 2.05) is 0 Å². The second-order valence-corrected chi connectivity index (χ2v) is 3.76. The molecule has 1 saturated heterocycles. The Labute approximate surface area is 130 Å². The number of hydrogen-bond donors (Lipinski definition) is 2. The number of hydrogen-bond acceptors (Lipinski definition) is 6. The van der Waals surface area contributed by atoms with Gasteiger partial charge in [-0.25, -0.2) is 0 Å². The number of ether oxygens (including phenoxy) is 3. The highest BCUT2D eigenvalue weighted by atomic mass is 35.5. The first-order chi connectivity index (χ1) is 8.31. The molecule has 8 nitrogen and oxygen atoms in total. The molecule has 0 amide bonds. The fourth-order valence-corrected chi connectivity index (χ4v) is 1.70. The number of nitrogens with zero attached hydrogens (tertiary/aromatic N) is 3. The van der Waals surface area contributed by atoms with Crippen LogP contribution in [0.5, 0.6) is 12.0 Å². The van der Waals surface area contributed by atoms with Crippen molar-refractivity contribution in [3.05, 3.63) is 5.82 Å². The van der Waals surface area contributed by atoms with Crippen molar-refractivity contribution in [3.8, 4) is 12.0 Å². The molecule has 1 aliphatic rings. The number of morpholine rings is 1. The highest BCUT2D eigenvalue weighted by Gasteiger charge is 2.17. The normalized spacial score (nSPS) is 14.3. The van der Waals surface area contributed by atoms with Crippen LogP contribution < -0.4 is 45.3 Å². The summed E-state index contributed by atoms with van der Waals surface area (Å²) < 4.78 is 15.3. The van der Waals surface area contributed by atoms with Crippen molar-refractivity contribution in [3.63, 3.8) is 0 Å². The van der Waals surface area contributed by atoms with Gasteiger partial charge in [0.15, 0.2) is 5.82 Å². The monoisotopic (exact) mass is 329 g/mol. The summed E-state index contributed by atoms with van der Waals surface area (Å²) in [7, 11) is 3.06. The van der Waals surface area contributed by atoms with Gasteiger partial charge in [-0.1, -0.05) is 0 Å². The van der Waals surface area contributed by atoms with Crippen LogP contribution in [0.15, 0.2) is 0 Å². The van der Waals surface area contributed by atoms with E-state index < -0.39 is 0 Å². The van der Waals surface area contributed by atoms with Crippen molar-refractivity contribution >= 4 is 0 Å². The predicted octanol–water partition coefficient (Wildman–Crippen LogP) is -7.31. The fourth-order valence-electron chi connectivity index (χ4n) is 1.70. The molecule has 118 valence electrons. The zero-order valence-electron chi connectivity index (χ0n) is 11.9. The van der Waals surface area contributed by atoms with Crippen LogP contribution in [-0.4, -0.2) is 55.5 Å². The minimum atomic E-state index is 0. The van der Waals surface area contributed by atoms with E-state index >= 15 is 0 Å². The largest absolute Gasteiger partial charge is 1.00 e. The Balaban J connectivity index is 0. The van der Waals surface area contributed by atoms with Crippen molar-refractivity contribution in [1.82, 2.24) is 21.1 Å². The summed E-state index contributed by atoms with van der Waals surface area (Å²) in [5.41, 5.74) is 0. The maximum Gasteiger partial charge on any atom is 0.322 e. The topological polar surface area (TPSA) is 107 Å². The second kappa shape index (κ2) is 10.8. The van der Waals surface area contributed by atoms with E-state index in [9.17, 15) is 0 Å². The van der Waals surface area contributed by atoms with Crippen molar-refractivity contribution in [1.29, 1.82) is 0 Å². The minimum Gasteiger partial charge on any atom is -1.00 e. The third-order valence-corrected chi connectivity index (χ3v) is 2.61. The number of halogens is 2. The summed E-state index contributed by atoms with van der Waals surface area (Å²) in [5, 5.41) is 0. The molecule has 1 fully saturated rings. The number of nitrogens with one attached hydrogen (secondary N) is 1. The van der Waals surface area contributed by atoms with Gasteiger partial charge in [0.25, 0.3) is 0 Å². The van der Waals surface area contributed by atoms with Gasteiger partial charge in [-0.15, -0.1) is 4.98 Å². The summed E-state index contributed by atoms with van der Waals surface area (Å²) >= 11 is 0. The number of quaternary nitrogens is 2. The van der Waals surface area contributed by atoms with Crippen molar-refractivity contribution in [2.75, 3.05) is 40.5 Å². The van der Waals surface area contributed by atoms with E-state index in [4.69, 9.17) is 14.2 Å². The average molecular weight is 330 g/mol. The first-order valence-electron chi connectivity index (χ1n) is 5.56. The van der Waals surface area contributed by atoms with Gasteiger partial charge in [-0.05, 0) is 0 Å². The van der Waals surface area contributed by atoms with E-state index in [-0.39, 0.29) is 31.0 Å². The lowest BCUT2D eigenvalue weighted by molar-refractivity contribution is -0.922. The van der Waals surface area contributed by atoms with Gasteiger partial charge in [-0.2, -0.15) is 9.97 Å². The molecule has 10 heteroatoms. The molecule has 0 saturated carbocycles. The molecule has 2 rings (SSSR count). The van der Waals surface area contributed by atoms with Gasteiger partial charge in [0, 0.05) is 0 Å². The Kier molecular flexibility index (Phi) is 11.6. The molecule has 1 aromatic rings. The molecular formula is C10H21Cl2N5O3. The molecule has 0 unspecified atom stereocenters. The standard InChI is InChI=1S/C10H16N4O3.2ClH.H3N/c1-15-9-11-8(12-10(13-9)16-2)7-14-3-5-17-6-4-14;;;/h3-7H2,1-2H3;2*1H;1H3. The summed E-state index contributed by atoms with van der Waals surface area (Å²) in [6.45, 7) is 4.24. The Bertz CT molecular complexity index is 358. The summed E-state index contributed by atoms with van der Waals surface area (Å²) in [4.78, 5) is 13.8.